The lowest BCUT2D eigenvalue weighted by Crippen LogP contribution is -2.15. The fourth-order valence-corrected chi connectivity index (χ4v) is 1.46. The summed E-state index contributed by atoms with van der Waals surface area (Å²) in [5, 5.41) is 28.3. The SMILES string of the molecule is CCCCNCCCC.CCCCNCCCC.OB(O)O. The zero-order valence-corrected chi connectivity index (χ0v) is 15.4. The number of hydrogen-bond acceptors (Lipinski definition) is 5. The van der Waals surface area contributed by atoms with Crippen LogP contribution in [0.1, 0.15) is 79.1 Å². The van der Waals surface area contributed by atoms with Gasteiger partial charge in [0.2, 0.25) is 0 Å². The first-order valence-corrected chi connectivity index (χ1v) is 9.02. The molecule has 0 saturated carbocycles. The van der Waals surface area contributed by atoms with E-state index in [-0.39, 0.29) is 0 Å². The van der Waals surface area contributed by atoms with Gasteiger partial charge in [0.15, 0.2) is 0 Å². The standard InChI is InChI=1S/2C8H19N.BH3O3/c2*1-3-5-7-9-8-6-4-2;2-1(3)4/h2*9H,3-8H2,1-2H3;2-4H. The molecule has 22 heavy (non-hydrogen) atoms. The topological polar surface area (TPSA) is 84.8 Å². The van der Waals surface area contributed by atoms with Gasteiger partial charge in [-0.15, -0.1) is 0 Å². The predicted octanol–water partition coefficient (Wildman–Crippen LogP) is 2.30. The second-order valence-corrected chi connectivity index (χ2v) is 5.26. The Morgan fingerprint density at radius 1 is 0.545 bits per heavy atom. The van der Waals surface area contributed by atoms with Crippen LogP contribution in [0.5, 0.6) is 0 Å². The number of rotatable bonds is 12. The van der Waals surface area contributed by atoms with Crippen LogP contribution >= 0.6 is 0 Å². The Balaban J connectivity index is -0.000000266. The van der Waals surface area contributed by atoms with Gasteiger partial charge in [-0.2, -0.15) is 0 Å². The molecule has 0 aliphatic carbocycles. The van der Waals surface area contributed by atoms with E-state index >= 15 is 0 Å². The molecule has 0 radical (unpaired) electrons. The molecule has 0 aliphatic heterocycles. The van der Waals surface area contributed by atoms with Crippen LogP contribution in [0.25, 0.3) is 0 Å². The molecule has 0 aromatic heterocycles. The van der Waals surface area contributed by atoms with E-state index in [4.69, 9.17) is 15.1 Å². The minimum Gasteiger partial charge on any atom is -0.402 e. The van der Waals surface area contributed by atoms with Crippen LogP contribution < -0.4 is 10.6 Å². The molecule has 0 atom stereocenters. The molecule has 0 aliphatic rings. The minimum absolute atomic E-state index is 1.20. The van der Waals surface area contributed by atoms with E-state index in [9.17, 15) is 0 Å². The smallest absolute Gasteiger partial charge is 0.402 e. The zero-order chi connectivity index (χ0) is 17.5. The maximum absolute atomic E-state index is 7.17. The normalized spacial score (nSPS) is 9.41. The third-order valence-electron chi connectivity index (χ3n) is 2.83. The van der Waals surface area contributed by atoms with Crippen molar-refractivity contribution in [3.63, 3.8) is 0 Å². The van der Waals surface area contributed by atoms with Crippen LogP contribution in [0.15, 0.2) is 0 Å². The van der Waals surface area contributed by atoms with Gasteiger partial charge in [-0.05, 0) is 51.9 Å². The Morgan fingerprint density at radius 3 is 0.864 bits per heavy atom. The lowest BCUT2D eigenvalue weighted by molar-refractivity contribution is 0.278. The molecule has 0 aromatic carbocycles. The van der Waals surface area contributed by atoms with Crippen molar-refractivity contribution in [3.05, 3.63) is 0 Å². The van der Waals surface area contributed by atoms with Crippen LogP contribution in [0.3, 0.4) is 0 Å². The summed E-state index contributed by atoms with van der Waals surface area (Å²) in [6.07, 6.45) is 10.5. The van der Waals surface area contributed by atoms with E-state index in [0.29, 0.717) is 0 Å². The van der Waals surface area contributed by atoms with E-state index in [2.05, 4.69) is 38.3 Å². The lowest BCUT2D eigenvalue weighted by atomic mass is 10.3. The number of nitrogens with one attached hydrogen (secondary N) is 2. The highest BCUT2D eigenvalue weighted by atomic mass is 16.5. The van der Waals surface area contributed by atoms with Crippen molar-refractivity contribution in [1.82, 2.24) is 10.6 Å². The highest BCUT2D eigenvalue weighted by molar-refractivity contribution is 6.30. The van der Waals surface area contributed by atoms with E-state index in [1.807, 2.05) is 0 Å². The highest BCUT2D eigenvalue weighted by Gasteiger charge is 1.92. The summed E-state index contributed by atoms with van der Waals surface area (Å²) in [6, 6.07) is 0. The van der Waals surface area contributed by atoms with Crippen molar-refractivity contribution < 1.29 is 15.1 Å². The molecule has 5 N–H and O–H groups in total. The molecule has 0 amide bonds. The van der Waals surface area contributed by atoms with Crippen molar-refractivity contribution in [3.8, 4) is 0 Å². The van der Waals surface area contributed by atoms with Gasteiger partial charge in [-0.3, -0.25) is 0 Å². The van der Waals surface area contributed by atoms with E-state index < -0.39 is 7.32 Å². The molecular formula is C16H41BN2O3. The summed E-state index contributed by atoms with van der Waals surface area (Å²) in [5.41, 5.74) is 0. The summed E-state index contributed by atoms with van der Waals surface area (Å²) in [6.45, 7) is 13.7. The van der Waals surface area contributed by atoms with Gasteiger partial charge in [0.1, 0.15) is 0 Å². The van der Waals surface area contributed by atoms with Crippen molar-refractivity contribution in [2.75, 3.05) is 26.2 Å². The minimum atomic E-state index is -2.17. The fourth-order valence-electron chi connectivity index (χ4n) is 1.46. The third-order valence-corrected chi connectivity index (χ3v) is 2.83. The first-order chi connectivity index (χ1) is 10.6. The van der Waals surface area contributed by atoms with Gasteiger partial charge in [-0.25, -0.2) is 0 Å². The van der Waals surface area contributed by atoms with Crippen molar-refractivity contribution in [1.29, 1.82) is 0 Å². The Bertz CT molecular complexity index is 136. The predicted molar refractivity (Wildman–Crippen MR) is 97.8 cm³/mol. The average Bonchev–Trinajstić information content (AvgIpc) is 2.47. The molecule has 0 aromatic rings. The molecule has 0 saturated heterocycles. The van der Waals surface area contributed by atoms with Gasteiger partial charge >= 0.3 is 7.32 Å². The van der Waals surface area contributed by atoms with Gasteiger partial charge in [0.25, 0.3) is 0 Å². The van der Waals surface area contributed by atoms with E-state index in [1.54, 1.807) is 0 Å². The second-order valence-electron chi connectivity index (χ2n) is 5.26. The summed E-state index contributed by atoms with van der Waals surface area (Å²) >= 11 is 0. The Kier molecular flexibility index (Phi) is 35.2. The maximum atomic E-state index is 7.17. The fraction of sp³-hybridized carbons (Fsp3) is 1.00. The van der Waals surface area contributed by atoms with Crippen LogP contribution in [-0.2, 0) is 0 Å². The maximum Gasteiger partial charge on any atom is 0.631 e. The largest absolute Gasteiger partial charge is 0.631 e. The van der Waals surface area contributed by atoms with Gasteiger partial charge in [0, 0.05) is 0 Å². The van der Waals surface area contributed by atoms with Crippen LogP contribution in [0.2, 0.25) is 0 Å². The van der Waals surface area contributed by atoms with Gasteiger partial charge < -0.3 is 25.7 Å². The zero-order valence-electron chi connectivity index (χ0n) is 15.4. The van der Waals surface area contributed by atoms with Gasteiger partial charge in [0.05, 0.1) is 0 Å². The number of unbranched alkanes of at least 4 members (excludes halogenated alkanes) is 4. The average molecular weight is 320 g/mol. The molecule has 5 nitrogen and oxygen atoms in total. The summed E-state index contributed by atoms with van der Waals surface area (Å²) in [5.74, 6) is 0. The lowest BCUT2D eigenvalue weighted by Gasteiger charge is -1.99. The van der Waals surface area contributed by atoms with Crippen LogP contribution in [0, 0.1) is 0 Å². The molecule has 0 fully saturated rings. The van der Waals surface area contributed by atoms with Crippen LogP contribution in [-0.4, -0.2) is 48.6 Å². The molecule has 0 bridgehead atoms. The molecule has 0 spiro atoms. The van der Waals surface area contributed by atoms with Crippen LogP contribution in [0.4, 0.5) is 0 Å². The molecule has 0 heterocycles. The van der Waals surface area contributed by atoms with Crippen molar-refractivity contribution in [2.45, 2.75) is 79.1 Å². The summed E-state index contributed by atoms with van der Waals surface area (Å²) < 4.78 is 0. The quantitative estimate of drug-likeness (QED) is 0.281. The monoisotopic (exact) mass is 320 g/mol. The van der Waals surface area contributed by atoms with Gasteiger partial charge in [-0.1, -0.05) is 53.4 Å². The summed E-state index contributed by atoms with van der Waals surface area (Å²) in [7, 11) is -2.17. The van der Waals surface area contributed by atoms with E-state index in [1.165, 1.54) is 77.5 Å². The first-order valence-electron chi connectivity index (χ1n) is 9.02. The van der Waals surface area contributed by atoms with Crippen molar-refractivity contribution >= 4 is 7.32 Å². The Hall–Kier alpha value is -0.135. The first kappa shape index (κ1) is 26.7. The highest BCUT2D eigenvalue weighted by Crippen LogP contribution is 1.86. The molecule has 6 heteroatoms. The third kappa shape index (κ3) is 50.2. The second kappa shape index (κ2) is 28.9. The number of hydrogen-bond donors (Lipinski definition) is 5. The molecule has 0 rings (SSSR count). The van der Waals surface area contributed by atoms with E-state index in [0.717, 1.165) is 0 Å². The summed E-state index contributed by atoms with van der Waals surface area (Å²) in [4.78, 5) is 0. The van der Waals surface area contributed by atoms with Crippen molar-refractivity contribution in [2.24, 2.45) is 0 Å². The molecule has 0 unspecified atom stereocenters. The molecular weight excluding hydrogens is 279 g/mol. The Morgan fingerprint density at radius 2 is 0.727 bits per heavy atom. The molecule has 136 valence electrons. The Labute approximate surface area is 139 Å².